The van der Waals surface area contributed by atoms with Gasteiger partial charge in [0.25, 0.3) is 5.69 Å². The quantitative estimate of drug-likeness (QED) is 0.129. The Labute approximate surface area is 345 Å². The molecule has 0 radical (unpaired) electrons. The van der Waals surface area contributed by atoms with Crippen LogP contribution in [0, 0.1) is 10.1 Å². The van der Waals surface area contributed by atoms with Crippen LogP contribution in [0.2, 0.25) is 0 Å². The molecule has 0 unspecified atom stereocenters. The van der Waals surface area contributed by atoms with E-state index in [1.54, 1.807) is 12.1 Å². The van der Waals surface area contributed by atoms with Gasteiger partial charge < -0.3 is 0 Å². The molecule has 58 heavy (non-hydrogen) atoms. The molecule has 2 aliphatic carbocycles. The van der Waals surface area contributed by atoms with Crippen molar-refractivity contribution < 1.29 is 4.92 Å². The molecule has 2 aliphatic rings. The molecule has 0 aliphatic heterocycles. The topological polar surface area (TPSA) is 43.1 Å². The van der Waals surface area contributed by atoms with Crippen LogP contribution in [0.3, 0.4) is 0 Å². The van der Waals surface area contributed by atoms with E-state index in [0.717, 1.165) is 37.9 Å². The Morgan fingerprint density at radius 3 is 0.897 bits per heavy atom. The predicted molar refractivity (Wildman–Crippen MR) is 243 cm³/mol. The Morgan fingerprint density at radius 1 is 0.293 bits per heavy atom. The van der Waals surface area contributed by atoms with Crippen molar-refractivity contribution in [3.8, 4) is 100 Å². The highest BCUT2D eigenvalue weighted by Crippen LogP contribution is 2.50. The Bertz CT molecular complexity index is 3060. The van der Waals surface area contributed by atoms with E-state index < -0.39 is 0 Å². The Morgan fingerprint density at radius 2 is 0.552 bits per heavy atom. The second kappa shape index (κ2) is 14.7. The first-order valence-corrected chi connectivity index (χ1v) is 20.1. The summed E-state index contributed by atoms with van der Waals surface area (Å²) < 4.78 is 1.10. The smallest absolute Gasteiger partial charge is 0.258 e. The molecule has 0 aromatic heterocycles. The van der Waals surface area contributed by atoms with Gasteiger partial charge in [-0.2, -0.15) is 0 Å². The lowest BCUT2D eigenvalue weighted by Gasteiger charge is -2.23. The first kappa shape index (κ1) is 35.3. The highest BCUT2D eigenvalue weighted by molar-refractivity contribution is 9.10. The van der Waals surface area contributed by atoms with Crippen LogP contribution >= 0.6 is 15.9 Å². The molecule has 0 saturated heterocycles. The van der Waals surface area contributed by atoms with Crippen molar-refractivity contribution in [3.63, 3.8) is 0 Å². The zero-order valence-electron chi connectivity index (χ0n) is 31.3. The normalized spacial score (nSPS) is 11.3. The molecule has 3 nitrogen and oxygen atoms in total. The molecule has 0 N–H and O–H groups in total. The van der Waals surface area contributed by atoms with Gasteiger partial charge in [0.05, 0.1) is 10.5 Å². The van der Waals surface area contributed by atoms with E-state index in [4.69, 9.17) is 0 Å². The molecule has 0 atom stereocenters. The summed E-state index contributed by atoms with van der Waals surface area (Å²) in [7, 11) is 0. The Kier molecular flexibility index (Phi) is 8.97. The number of hydrogen-bond donors (Lipinski definition) is 0. The fourth-order valence-corrected chi connectivity index (χ4v) is 9.10. The van der Waals surface area contributed by atoms with E-state index >= 15 is 0 Å². The van der Waals surface area contributed by atoms with Crippen molar-refractivity contribution in [3.05, 3.63) is 221 Å². The fourth-order valence-electron chi connectivity index (χ4n) is 8.74. The van der Waals surface area contributed by atoms with E-state index in [2.05, 4.69) is 192 Å². The summed E-state index contributed by atoms with van der Waals surface area (Å²) in [6, 6.07) is 71.2. The average Bonchev–Trinajstić information content (AvgIpc) is 3.28. The summed E-state index contributed by atoms with van der Waals surface area (Å²) in [6.07, 6.45) is 0. The van der Waals surface area contributed by atoms with Gasteiger partial charge >= 0.3 is 0 Å². The molecule has 9 aromatic carbocycles. The minimum absolute atomic E-state index is 0.113. The standard InChI is InChI=1S/C30H19NO2.C24H15Br/c32-31(33)30-16-8-7-9-21(30)20-17-18-28-26-14-4-3-12-24(26)22-10-1-2-11-23(22)25-13-5-6-15-27(25)29(28)19-20;25-16-13-14-23-21-11-4-3-9-19(21)17-7-1-2-8-18(17)20-10-5-6-12-22(20)24(23)15-16/h1-19H;1-15H. The Balaban J connectivity index is 0.000000146. The van der Waals surface area contributed by atoms with Crippen LogP contribution in [-0.2, 0) is 0 Å². The minimum Gasteiger partial charge on any atom is -0.258 e. The van der Waals surface area contributed by atoms with Crippen molar-refractivity contribution >= 4 is 21.6 Å². The third kappa shape index (κ3) is 6.06. The zero-order valence-corrected chi connectivity index (χ0v) is 32.9. The lowest BCUT2D eigenvalue weighted by atomic mass is 9.80. The van der Waals surface area contributed by atoms with Gasteiger partial charge in [0.1, 0.15) is 0 Å². The molecule has 11 rings (SSSR count). The molecule has 0 spiro atoms. The second-order valence-corrected chi connectivity index (χ2v) is 15.4. The van der Waals surface area contributed by atoms with E-state index in [1.165, 1.54) is 61.2 Å². The molecule has 274 valence electrons. The van der Waals surface area contributed by atoms with Gasteiger partial charge in [-0.15, -0.1) is 0 Å². The number of nitro groups is 1. The third-order valence-corrected chi connectivity index (χ3v) is 11.8. The van der Waals surface area contributed by atoms with Gasteiger partial charge in [0, 0.05) is 10.5 Å². The summed E-state index contributed by atoms with van der Waals surface area (Å²) in [5, 5.41) is 11.7. The molecule has 4 heteroatoms. The maximum atomic E-state index is 11.7. The van der Waals surface area contributed by atoms with Gasteiger partial charge in [-0.1, -0.05) is 192 Å². The van der Waals surface area contributed by atoms with Crippen molar-refractivity contribution in [2.75, 3.05) is 0 Å². The molecule has 0 saturated carbocycles. The molecular weight excluding hydrogens is 775 g/mol. The zero-order chi connectivity index (χ0) is 39.2. The maximum Gasteiger partial charge on any atom is 0.277 e. The minimum atomic E-state index is -0.314. The lowest BCUT2D eigenvalue weighted by molar-refractivity contribution is -0.384. The highest BCUT2D eigenvalue weighted by Gasteiger charge is 2.24. The number of benzene rings is 9. The average molecular weight is 809 g/mol. The van der Waals surface area contributed by atoms with Crippen LogP contribution in [0.5, 0.6) is 0 Å². The molecule has 0 bridgehead atoms. The first-order chi connectivity index (χ1) is 28.5. The van der Waals surface area contributed by atoms with Crippen LogP contribution in [0.25, 0.3) is 100 Å². The third-order valence-electron chi connectivity index (χ3n) is 11.3. The van der Waals surface area contributed by atoms with Gasteiger partial charge in [-0.25, -0.2) is 0 Å². The summed E-state index contributed by atoms with van der Waals surface area (Å²) in [5.41, 5.74) is 21.0. The highest BCUT2D eigenvalue weighted by atomic mass is 79.9. The molecule has 0 amide bonds. The van der Waals surface area contributed by atoms with Crippen LogP contribution in [0.1, 0.15) is 0 Å². The lowest BCUT2D eigenvalue weighted by Crippen LogP contribution is -1.98. The fraction of sp³-hybridized carbons (Fsp3) is 0. The molecular formula is C54H34BrNO2. The van der Waals surface area contributed by atoms with Crippen molar-refractivity contribution in [2.45, 2.75) is 0 Å². The summed E-state index contributed by atoms with van der Waals surface area (Å²) in [6.45, 7) is 0. The summed E-state index contributed by atoms with van der Waals surface area (Å²) in [4.78, 5) is 11.4. The van der Waals surface area contributed by atoms with E-state index in [-0.39, 0.29) is 10.6 Å². The monoisotopic (exact) mass is 807 g/mol. The van der Waals surface area contributed by atoms with Gasteiger partial charge in [0.15, 0.2) is 0 Å². The molecule has 9 aromatic rings. The molecule has 0 heterocycles. The Hall–Kier alpha value is -7.14. The van der Waals surface area contributed by atoms with Crippen LogP contribution in [-0.4, -0.2) is 4.92 Å². The van der Waals surface area contributed by atoms with Crippen molar-refractivity contribution in [1.82, 2.24) is 0 Å². The van der Waals surface area contributed by atoms with Crippen molar-refractivity contribution in [1.29, 1.82) is 0 Å². The van der Waals surface area contributed by atoms with Crippen LogP contribution < -0.4 is 0 Å². The van der Waals surface area contributed by atoms with Gasteiger partial charge in [-0.3, -0.25) is 10.1 Å². The van der Waals surface area contributed by atoms with Crippen molar-refractivity contribution in [2.24, 2.45) is 0 Å². The number of rotatable bonds is 2. The number of nitro benzene ring substituents is 1. The van der Waals surface area contributed by atoms with E-state index in [0.29, 0.717) is 5.56 Å². The summed E-state index contributed by atoms with van der Waals surface area (Å²) in [5.74, 6) is 0. The predicted octanol–water partition coefficient (Wildman–Crippen LogP) is 15.7. The first-order valence-electron chi connectivity index (χ1n) is 19.3. The second-order valence-electron chi connectivity index (χ2n) is 14.5. The van der Waals surface area contributed by atoms with Crippen LogP contribution in [0.4, 0.5) is 5.69 Å². The number of halogens is 1. The number of nitrogens with zero attached hydrogens (tertiary/aromatic N) is 1. The van der Waals surface area contributed by atoms with E-state index in [1.807, 2.05) is 18.2 Å². The van der Waals surface area contributed by atoms with Gasteiger partial charge in [0.2, 0.25) is 0 Å². The number of hydrogen-bond acceptors (Lipinski definition) is 2. The maximum absolute atomic E-state index is 11.7. The van der Waals surface area contributed by atoms with Crippen LogP contribution in [0.15, 0.2) is 211 Å². The van der Waals surface area contributed by atoms with E-state index in [9.17, 15) is 10.1 Å². The largest absolute Gasteiger partial charge is 0.277 e. The number of para-hydroxylation sites is 1. The van der Waals surface area contributed by atoms with Gasteiger partial charge in [-0.05, 0) is 119 Å². The molecule has 0 fully saturated rings. The number of fused-ring (bicyclic) bond motifs is 16. The summed E-state index contributed by atoms with van der Waals surface area (Å²) >= 11 is 3.66. The SMILES string of the molecule is Brc1ccc2c(c1)-c1ccccc1-c1ccccc1-c1ccccc1-2.O=[N+]([O-])c1ccccc1-c1ccc2c(c1)-c1ccccc1-c1ccccc1-c1ccccc1-2.